The molecule has 0 bridgehead atoms. The van der Waals surface area contributed by atoms with Crippen LogP contribution in [-0.2, 0) is 0 Å². The third-order valence-electron chi connectivity index (χ3n) is 2.49. The summed E-state index contributed by atoms with van der Waals surface area (Å²) < 4.78 is 0. The second kappa shape index (κ2) is 4.40. The van der Waals surface area contributed by atoms with Gasteiger partial charge in [-0.3, -0.25) is 10.1 Å². The van der Waals surface area contributed by atoms with Gasteiger partial charge in [0.15, 0.2) is 0 Å². The standard InChI is InChI=1S/C8H16N2O2/c1-7(10(11)12)6-8-2-4-9-5-3-8/h7-9H,2-6H2,1H3. The van der Waals surface area contributed by atoms with E-state index >= 15 is 0 Å². The largest absolute Gasteiger partial charge is 0.317 e. The van der Waals surface area contributed by atoms with E-state index in [0.29, 0.717) is 5.92 Å². The van der Waals surface area contributed by atoms with Gasteiger partial charge in [-0.25, -0.2) is 0 Å². The lowest BCUT2D eigenvalue weighted by molar-refractivity contribution is -0.520. The minimum Gasteiger partial charge on any atom is -0.317 e. The first kappa shape index (κ1) is 9.45. The summed E-state index contributed by atoms with van der Waals surface area (Å²) in [5.74, 6) is 0.562. The Balaban J connectivity index is 2.24. The zero-order valence-electron chi connectivity index (χ0n) is 7.45. The molecule has 1 fully saturated rings. The third-order valence-corrected chi connectivity index (χ3v) is 2.49. The van der Waals surface area contributed by atoms with Crippen LogP contribution in [0.2, 0.25) is 0 Å². The minimum absolute atomic E-state index is 0.179. The highest BCUT2D eigenvalue weighted by Crippen LogP contribution is 2.18. The molecule has 0 aliphatic carbocycles. The van der Waals surface area contributed by atoms with E-state index in [4.69, 9.17) is 0 Å². The Kier molecular flexibility index (Phi) is 3.47. The molecule has 4 nitrogen and oxygen atoms in total. The van der Waals surface area contributed by atoms with Gasteiger partial charge in [-0.05, 0) is 31.8 Å². The van der Waals surface area contributed by atoms with Gasteiger partial charge < -0.3 is 5.32 Å². The van der Waals surface area contributed by atoms with Crippen molar-refractivity contribution < 1.29 is 4.92 Å². The highest BCUT2D eigenvalue weighted by Gasteiger charge is 2.21. The number of nitrogens with zero attached hydrogens (tertiary/aromatic N) is 1. The van der Waals surface area contributed by atoms with Gasteiger partial charge in [0.05, 0.1) is 0 Å². The number of piperidine rings is 1. The van der Waals surface area contributed by atoms with Crippen LogP contribution in [-0.4, -0.2) is 24.1 Å². The number of nitro groups is 1. The highest BCUT2D eigenvalue weighted by atomic mass is 16.6. The Morgan fingerprint density at radius 2 is 2.17 bits per heavy atom. The average molecular weight is 172 g/mol. The lowest BCUT2D eigenvalue weighted by Crippen LogP contribution is -2.30. The Labute approximate surface area is 72.5 Å². The molecule has 1 aliphatic heterocycles. The first-order valence-corrected chi connectivity index (χ1v) is 4.54. The van der Waals surface area contributed by atoms with E-state index in [1.165, 1.54) is 0 Å². The minimum atomic E-state index is -0.368. The Morgan fingerprint density at radius 3 is 2.67 bits per heavy atom. The van der Waals surface area contributed by atoms with Crippen molar-refractivity contribution in [1.29, 1.82) is 0 Å². The summed E-state index contributed by atoms with van der Waals surface area (Å²) >= 11 is 0. The van der Waals surface area contributed by atoms with E-state index in [2.05, 4.69) is 5.32 Å². The molecule has 0 spiro atoms. The second-order valence-corrected chi connectivity index (χ2v) is 3.56. The van der Waals surface area contributed by atoms with Gasteiger partial charge in [-0.2, -0.15) is 0 Å². The molecule has 1 unspecified atom stereocenters. The first-order chi connectivity index (χ1) is 5.70. The second-order valence-electron chi connectivity index (χ2n) is 3.56. The molecule has 1 saturated heterocycles. The van der Waals surface area contributed by atoms with Gasteiger partial charge in [0, 0.05) is 18.3 Å². The summed E-state index contributed by atoms with van der Waals surface area (Å²) in [6, 6.07) is -0.368. The maximum absolute atomic E-state index is 10.4. The van der Waals surface area contributed by atoms with E-state index in [1.807, 2.05) is 0 Å². The molecule has 0 radical (unpaired) electrons. The topological polar surface area (TPSA) is 55.2 Å². The predicted octanol–water partition coefficient (Wildman–Crippen LogP) is 1.04. The summed E-state index contributed by atoms with van der Waals surface area (Å²) in [5.41, 5.74) is 0. The van der Waals surface area contributed by atoms with Crippen LogP contribution in [0.3, 0.4) is 0 Å². The molecule has 1 N–H and O–H groups in total. The molecule has 70 valence electrons. The lowest BCUT2D eigenvalue weighted by atomic mass is 9.92. The Morgan fingerprint density at radius 1 is 1.58 bits per heavy atom. The van der Waals surface area contributed by atoms with E-state index < -0.39 is 0 Å². The monoisotopic (exact) mass is 172 g/mol. The van der Waals surface area contributed by atoms with Crippen molar-refractivity contribution in [3.05, 3.63) is 10.1 Å². The van der Waals surface area contributed by atoms with Gasteiger partial charge in [0.25, 0.3) is 0 Å². The van der Waals surface area contributed by atoms with Gasteiger partial charge in [0.2, 0.25) is 6.04 Å². The van der Waals surface area contributed by atoms with Crippen LogP contribution in [0.1, 0.15) is 26.2 Å². The van der Waals surface area contributed by atoms with Crippen molar-refractivity contribution in [2.75, 3.05) is 13.1 Å². The molecule has 0 aromatic heterocycles. The van der Waals surface area contributed by atoms with E-state index in [0.717, 1.165) is 32.4 Å². The van der Waals surface area contributed by atoms with Crippen LogP contribution < -0.4 is 5.32 Å². The van der Waals surface area contributed by atoms with Crippen molar-refractivity contribution >= 4 is 0 Å². The van der Waals surface area contributed by atoms with Crippen molar-refractivity contribution in [2.45, 2.75) is 32.2 Å². The van der Waals surface area contributed by atoms with Gasteiger partial charge >= 0.3 is 0 Å². The zero-order valence-corrected chi connectivity index (χ0v) is 7.45. The summed E-state index contributed by atoms with van der Waals surface area (Å²) in [7, 11) is 0. The van der Waals surface area contributed by atoms with Crippen molar-refractivity contribution in [3.63, 3.8) is 0 Å². The summed E-state index contributed by atoms with van der Waals surface area (Å²) in [6.45, 7) is 3.74. The lowest BCUT2D eigenvalue weighted by Gasteiger charge is -2.22. The van der Waals surface area contributed by atoms with Gasteiger partial charge in [-0.1, -0.05) is 0 Å². The molecule has 4 heteroatoms. The summed E-state index contributed by atoms with van der Waals surface area (Å²) in [4.78, 5) is 10.2. The Hall–Kier alpha value is -0.640. The fourth-order valence-corrected chi connectivity index (χ4v) is 1.69. The molecule has 1 atom stereocenters. The fraction of sp³-hybridized carbons (Fsp3) is 1.00. The van der Waals surface area contributed by atoms with Crippen LogP contribution >= 0.6 is 0 Å². The van der Waals surface area contributed by atoms with Gasteiger partial charge in [0.1, 0.15) is 0 Å². The molecule has 0 aromatic carbocycles. The Bertz CT molecular complexity index is 155. The van der Waals surface area contributed by atoms with Crippen LogP contribution in [0.4, 0.5) is 0 Å². The molecule has 1 aliphatic rings. The highest BCUT2D eigenvalue weighted by molar-refractivity contribution is 4.70. The molecule has 0 aromatic rings. The molecule has 0 amide bonds. The van der Waals surface area contributed by atoms with E-state index in [9.17, 15) is 10.1 Å². The van der Waals surface area contributed by atoms with Crippen LogP contribution in [0.15, 0.2) is 0 Å². The molecule has 1 heterocycles. The summed E-state index contributed by atoms with van der Waals surface area (Å²) in [5, 5.41) is 13.6. The van der Waals surface area contributed by atoms with E-state index in [1.54, 1.807) is 6.92 Å². The molecular weight excluding hydrogens is 156 g/mol. The first-order valence-electron chi connectivity index (χ1n) is 4.54. The van der Waals surface area contributed by atoms with E-state index in [-0.39, 0.29) is 11.0 Å². The zero-order chi connectivity index (χ0) is 8.97. The quantitative estimate of drug-likeness (QED) is 0.511. The maximum Gasteiger partial charge on any atom is 0.210 e. The van der Waals surface area contributed by atoms with Crippen LogP contribution in [0, 0.1) is 16.0 Å². The normalized spacial score (nSPS) is 22.1. The van der Waals surface area contributed by atoms with Crippen molar-refractivity contribution in [2.24, 2.45) is 5.92 Å². The van der Waals surface area contributed by atoms with Crippen LogP contribution in [0.25, 0.3) is 0 Å². The smallest absolute Gasteiger partial charge is 0.210 e. The van der Waals surface area contributed by atoms with Crippen molar-refractivity contribution in [3.8, 4) is 0 Å². The number of nitrogens with one attached hydrogen (secondary N) is 1. The average Bonchev–Trinajstić information content (AvgIpc) is 2.06. The molecule has 12 heavy (non-hydrogen) atoms. The maximum atomic E-state index is 10.4. The molecular formula is C8H16N2O2. The molecule has 1 rings (SSSR count). The van der Waals surface area contributed by atoms with Crippen LogP contribution in [0.5, 0.6) is 0 Å². The number of rotatable bonds is 3. The predicted molar refractivity (Wildman–Crippen MR) is 46.7 cm³/mol. The SMILES string of the molecule is CC(CC1CCNCC1)[N+](=O)[O-]. The summed E-state index contributed by atoms with van der Waals surface area (Å²) in [6.07, 6.45) is 2.94. The number of hydrogen-bond acceptors (Lipinski definition) is 3. The third kappa shape index (κ3) is 2.77. The number of hydrogen-bond donors (Lipinski definition) is 1. The van der Waals surface area contributed by atoms with Gasteiger partial charge in [-0.15, -0.1) is 0 Å². The molecule has 0 saturated carbocycles. The van der Waals surface area contributed by atoms with Crippen molar-refractivity contribution in [1.82, 2.24) is 5.32 Å². The fourth-order valence-electron chi connectivity index (χ4n) is 1.69.